The lowest BCUT2D eigenvalue weighted by molar-refractivity contribution is 1.14. The molecule has 0 spiro atoms. The summed E-state index contributed by atoms with van der Waals surface area (Å²) in [6.07, 6.45) is 6.89. The van der Waals surface area contributed by atoms with Gasteiger partial charge < -0.3 is 5.73 Å². The van der Waals surface area contributed by atoms with Gasteiger partial charge >= 0.3 is 0 Å². The smallest absolute Gasteiger partial charge is 0.162 e. The number of nitrogens with zero attached hydrogens (tertiary/aromatic N) is 4. The number of nitrogen functional groups attached to an aromatic ring is 1. The van der Waals surface area contributed by atoms with Crippen molar-refractivity contribution < 1.29 is 0 Å². The highest BCUT2D eigenvalue weighted by Crippen LogP contribution is 2.26. The van der Waals surface area contributed by atoms with Crippen molar-refractivity contribution in [1.29, 1.82) is 0 Å². The van der Waals surface area contributed by atoms with E-state index in [4.69, 9.17) is 5.73 Å². The van der Waals surface area contributed by atoms with E-state index in [9.17, 15) is 0 Å². The van der Waals surface area contributed by atoms with Gasteiger partial charge in [-0.2, -0.15) is 0 Å². The molecule has 0 aliphatic carbocycles. The summed E-state index contributed by atoms with van der Waals surface area (Å²) >= 11 is 0. The van der Waals surface area contributed by atoms with Gasteiger partial charge in [0.1, 0.15) is 5.82 Å². The second-order valence-corrected chi connectivity index (χ2v) is 4.38. The van der Waals surface area contributed by atoms with E-state index in [-0.39, 0.29) is 0 Å². The second-order valence-electron chi connectivity index (χ2n) is 4.38. The molecule has 0 radical (unpaired) electrons. The molecule has 0 bridgehead atoms. The summed E-state index contributed by atoms with van der Waals surface area (Å²) in [4.78, 5) is 17.0. The molecule has 0 aliphatic rings. The summed E-state index contributed by atoms with van der Waals surface area (Å²) < 4.78 is 0. The highest BCUT2D eigenvalue weighted by molar-refractivity contribution is 5.70. The summed E-state index contributed by atoms with van der Waals surface area (Å²) in [5.41, 5.74) is 9.57. The SMILES string of the molecule is Cc1c(N)nc(-c2ccncc2)nc1-c1ccncc1. The zero-order valence-corrected chi connectivity index (χ0v) is 11.0. The van der Waals surface area contributed by atoms with Crippen LogP contribution in [-0.4, -0.2) is 19.9 Å². The average Bonchev–Trinajstić information content (AvgIpc) is 2.51. The Kier molecular flexibility index (Phi) is 3.09. The van der Waals surface area contributed by atoms with Gasteiger partial charge in [0.05, 0.1) is 5.69 Å². The Labute approximate surface area is 116 Å². The molecular formula is C15H13N5. The number of aromatic nitrogens is 4. The van der Waals surface area contributed by atoms with Gasteiger partial charge in [-0.1, -0.05) is 0 Å². The Morgan fingerprint density at radius 2 is 1.35 bits per heavy atom. The number of anilines is 1. The predicted octanol–water partition coefficient (Wildman–Crippen LogP) is 2.49. The average molecular weight is 263 g/mol. The molecule has 3 heterocycles. The van der Waals surface area contributed by atoms with Crippen LogP contribution in [0.4, 0.5) is 5.82 Å². The molecule has 5 nitrogen and oxygen atoms in total. The largest absolute Gasteiger partial charge is 0.383 e. The van der Waals surface area contributed by atoms with E-state index < -0.39 is 0 Å². The van der Waals surface area contributed by atoms with E-state index in [0.29, 0.717) is 11.6 Å². The van der Waals surface area contributed by atoms with E-state index in [1.807, 2.05) is 31.2 Å². The van der Waals surface area contributed by atoms with Crippen LogP contribution in [0.1, 0.15) is 5.56 Å². The Balaban J connectivity index is 2.19. The first kappa shape index (κ1) is 12.2. The molecule has 0 fully saturated rings. The number of hydrogen-bond acceptors (Lipinski definition) is 5. The lowest BCUT2D eigenvalue weighted by atomic mass is 10.1. The third-order valence-electron chi connectivity index (χ3n) is 3.08. The minimum absolute atomic E-state index is 0.485. The van der Waals surface area contributed by atoms with Crippen molar-refractivity contribution in [3.05, 3.63) is 54.6 Å². The number of pyridine rings is 2. The van der Waals surface area contributed by atoms with Crippen LogP contribution in [0.25, 0.3) is 22.6 Å². The van der Waals surface area contributed by atoms with Gasteiger partial charge in [0.2, 0.25) is 0 Å². The standard InChI is InChI=1S/C15H13N5/c1-10-13(11-2-6-17-7-3-11)19-15(20-14(10)16)12-4-8-18-9-5-12/h2-9H,1H3,(H2,16,19,20). The van der Waals surface area contributed by atoms with Crippen LogP contribution in [-0.2, 0) is 0 Å². The van der Waals surface area contributed by atoms with Crippen LogP contribution >= 0.6 is 0 Å². The van der Waals surface area contributed by atoms with Crippen LogP contribution in [0.3, 0.4) is 0 Å². The second kappa shape index (κ2) is 5.05. The minimum Gasteiger partial charge on any atom is -0.383 e. The molecule has 5 heteroatoms. The molecule has 98 valence electrons. The maximum Gasteiger partial charge on any atom is 0.162 e. The van der Waals surface area contributed by atoms with Crippen molar-refractivity contribution in [3.63, 3.8) is 0 Å². The lowest BCUT2D eigenvalue weighted by Gasteiger charge is -2.10. The summed E-state index contributed by atoms with van der Waals surface area (Å²) in [6, 6.07) is 7.54. The zero-order valence-electron chi connectivity index (χ0n) is 11.0. The maximum absolute atomic E-state index is 6.01. The van der Waals surface area contributed by atoms with Crippen molar-refractivity contribution >= 4 is 5.82 Å². The van der Waals surface area contributed by atoms with Crippen molar-refractivity contribution in [2.75, 3.05) is 5.73 Å². The molecule has 20 heavy (non-hydrogen) atoms. The summed E-state index contributed by atoms with van der Waals surface area (Å²) in [7, 11) is 0. The van der Waals surface area contributed by atoms with Crippen molar-refractivity contribution in [1.82, 2.24) is 19.9 Å². The third-order valence-corrected chi connectivity index (χ3v) is 3.08. The first-order valence-corrected chi connectivity index (χ1v) is 6.20. The fraction of sp³-hybridized carbons (Fsp3) is 0.0667. The van der Waals surface area contributed by atoms with Gasteiger partial charge in [-0.25, -0.2) is 9.97 Å². The van der Waals surface area contributed by atoms with Gasteiger partial charge in [0.25, 0.3) is 0 Å². The Morgan fingerprint density at radius 3 is 1.95 bits per heavy atom. The highest BCUT2D eigenvalue weighted by atomic mass is 15.0. The van der Waals surface area contributed by atoms with Crippen LogP contribution in [0.15, 0.2) is 49.1 Å². The van der Waals surface area contributed by atoms with Gasteiger partial charge in [-0.3, -0.25) is 9.97 Å². The summed E-state index contributed by atoms with van der Waals surface area (Å²) in [5, 5.41) is 0. The van der Waals surface area contributed by atoms with Gasteiger partial charge in [-0.05, 0) is 31.2 Å². The highest BCUT2D eigenvalue weighted by Gasteiger charge is 2.11. The molecule has 0 aromatic carbocycles. The molecule has 0 saturated heterocycles. The summed E-state index contributed by atoms with van der Waals surface area (Å²) in [6.45, 7) is 1.92. The zero-order chi connectivity index (χ0) is 13.9. The van der Waals surface area contributed by atoms with Crippen LogP contribution in [0, 0.1) is 6.92 Å². The molecule has 3 aromatic rings. The molecule has 0 atom stereocenters. The van der Waals surface area contributed by atoms with Crippen LogP contribution in [0.5, 0.6) is 0 Å². The quantitative estimate of drug-likeness (QED) is 0.768. The van der Waals surface area contributed by atoms with E-state index in [1.54, 1.807) is 24.8 Å². The minimum atomic E-state index is 0.485. The third kappa shape index (κ3) is 2.21. The van der Waals surface area contributed by atoms with Crippen LogP contribution in [0.2, 0.25) is 0 Å². The molecular weight excluding hydrogens is 250 g/mol. The van der Waals surface area contributed by atoms with Crippen molar-refractivity contribution in [2.24, 2.45) is 0 Å². The van der Waals surface area contributed by atoms with E-state index in [0.717, 1.165) is 22.4 Å². The van der Waals surface area contributed by atoms with E-state index in [1.165, 1.54) is 0 Å². The lowest BCUT2D eigenvalue weighted by Crippen LogP contribution is -2.02. The molecule has 0 saturated carbocycles. The number of nitrogens with two attached hydrogens (primary N) is 1. The molecule has 0 unspecified atom stereocenters. The molecule has 0 aliphatic heterocycles. The maximum atomic E-state index is 6.01. The van der Waals surface area contributed by atoms with Crippen molar-refractivity contribution in [3.8, 4) is 22.6 Å². The Morgan fingerprint density at radius 1 is 0.800 bits per heavy atom. The molecule has 3 rings (SSSR count). The van der Waals surface area contributed by atoms with Gasteiger partial charge in [0.15, 0.2) is 5.82 Å². The monoisotopic (exact) mass is 263 g/mol. The number of rotatable bonds is 2. The summed E-state index contributed by atoms with van der Waals surface area (Å²) in [5.74, 6) is 1.08. The fourth-order valence-electron chi connectivity index (χ4n) is 1.95. The Bertz CT molecular complexity index is 726. The predicted molar refractivity (Wildman–Crippen MR) is 77.6 cm³/mol. The Hall–Kier alpha value is -2.82. The molecule has 0 amide bonds. The van der Waals surface area contributed by atoms with E-state index in [2.05, 4.69) is 19.9 Å². The number of hydrogen-bond donors (Lipinski definition) is 1. The first-order chi connectivity index (χ1) is 9.75. The molecule has 2 N–H and O–H groups in total. The normalized spacial score (nSPS) is 10.4. The van der Waals surface area contributed by atoms with Crippen LogP contribution < -0.4 is 5.73 Å². The van der Waals surface area contributed by atoms with Gasteiger partial charge in [0, 0.05) is 41.5 Å². The topological polar surface area (TPSA) is 77.6 Å². The first-order valence-electron chi connectivity index (χ1n) is 6.20. The van der Waals surface area contributed by atoms with Gasteiger partial charge in [-0.15, -0.1) is 0 Å². The van der Waals surface area contributed by atoms with Crippen molar-refractivity contribution in [2.45, 2.75) is 6.92 Å². The fourth-order valence-corrected chi connectivity index (χ4v) is 1.95. The van der Waals surface area contributed by atoms with E-state index >= 15 is 0 Å². The molecule has 3 aromatic heterocycles.